The number of ether oxygens (including phenoxy) is 2. The zero-order chi connectivity index (χ0) is 17.5. The summed E-state index contributed by atoms with van der Waals surface area (Å²) in [6.07, 6.45) is 0.943. The quantitative estimate of drug-likeness (QED) is 0.816. The highest BCUT2D eigenvalue weighted by Crippen LogP contribution is 2.28. The molecule has 0 aliphatic heterocycles. The first kappa shape index (κ1) is 17.3. The van der Waals surface area contributed by atoms with Crippen LogP contribution >= 0.6 is 0 Å². The molecular formula is C18H20N2O4. The van der Waals surface area contributed by atoms with Crippen LogP contribution in [0.3, 0.4) is 0 Å². The smallest absolute Gasteiger partial charge is 0.255 e. The molecule has 0 fully saturated rings. The van der Waals surface area contributed by atoms with Crippen LogP contribution < -0.4 is 20.5 Å². The number of benzene rings is 2. The third-order valence-corrected chi connectivity index (χ3v) is 3.42. The van der Waals surface area contributed by atoms with Crippen molar-refractivity contribution in [2.75, 3.05) is 19.0 Å². The fourth-order valence-electron chi connectivity index (χ4n) is 2.10. The first-order valence-corrected chi connectivity index (χ1v) is 7.53. The Hall–Kier alpha value is -3.02. The molecule has 2 aromatic carbocycles. The van der Waals surface area contributed by atoms with Gasteiger partial charge < -0.3 is 20.5 Å². The van der Waals surface area contributed by atoms with E-state index in [2.05, 4.69) is 12.2 Å². The van der Waals surface area contributed by atoms with Gasteiger partial charge in [0.2, 0.25) is 0 Å². The van der Waals surface area contributed by atoms with Gasteiger partial charge in [0.1, 0.15) is 0 Å². The molecule has 0 atom stereocenters. The molecule has 0 unspecified atom stereocenters. The summed E-state index contributed by atoms with van der Waals surface area (Å²) in [4.78, 5) is 23.1. The SMILES string of the molecule is CCc1ccc(NC(=O)c2ccc(OCC(N)=O)c(OC)c2)cc1. The minimum atomic E-state index is -0.589. The second-order valence-electron chi connectivity index (χ2n) is 5.13. The van der Waals surface area contributed by atoms with Gasteiger partial charge in [-0.25, -0.2) is 0 Å². The summed E-state index contributed by atoms with van der Waals surface area (Å²) in [7, 11) is 1.46. The van der Waals surface area contributed by atoms with Crippen molar-refractivity contribution >= 4 is 17.5 Å². The highest BCUT2D eigenvalue weighted by molar-refractivity contribution is 6.04. The number of rotatable bonds is 7. The van der Waals surface area contributed by atoms with Crippen LogP contribution in [0.25, 0.3) is 0 Å². The van der Waals surface area contributed by atoms with Crippen molar-refractivity contribution in [3.8, 4) is 11.5 Å². The number of hydrogen-bond donors (Lipinski definition) is 2. The zero-order valence-electron chi connectivity index (χ0n) is 13.7. The zero-order valence-corrected chi connectivity index (χ0v) is 13.7. The highest BCUT2D eigenvalue weighted by atomic mass is 16.5. The Labute approximate surface area is 140 Å². The third-order valence-electron chi connectivity index (χ3n) is 3.42. The second kappa shape index (κ2) is 8.01. The van der Waals surface area contributed by atoms with Crippen molar-refractivity contribution in [3.63, 3.8) is 0 Å². The molecule has 0 aromatic heterocycles. The fourth-order valence-corrected chi connectivity index (χ4v) is 2.10. The molecule has 6 nitrogen and oxygen atoms in total. The Kier molecular flexibility index (Phi) is 5.78. The summed E-state index contributed by atoms with van der Waals surface area (Å²) in [5.74, 6) is -0.154. The van der Waals surface area contributed by atoms with Gasteiger partial charge in [-0.3, -0.25) is 9.59 Å². The summed E-state index contributed by atoms with van der Waals surface area (Å²) in [6, 6.07) is 12.4. The first-order valence-electron chi connectivity index (χ1n) is 7.53. The maximum Gasteiger partial charge on any atom is 0.255 e. The number of nitrogens with one attached hydrogen (secondary N) is 1. The lowest BCUT2D eigenvalue weighted by Gasteiger charge is -2.11. The molecule has 0 radical (unpaired) electrons. The van der Waals surface area contributed by atoms with Crippen LogP contribution in [0.1, 0.15) is 22.8 Å². The second-order valence-corrected chi connectivity index (χ2v) is 5.13. The van der Waals surface area contributed by atoms with Gasteiger partial charge >= 0.3 is 0 Å². The Morgan fingerprint density at radius 2 is 1.79 bits per heavy atom. The normalized spacial score (nSPS) is 10.1. The van der Waals surface area contributed by atoms with Crippen LogP contribution in [-0.2, 0) is 11.2 Å². The van der Waals surface area contributed by atoms with Crippen molar-refractivity contribution in [2.45, 2.75) is 13.3 Å². The fraction of sp³-hybridized carbons (Fsp3) is 0.222. The van der Waals surface area contributed by atoms with Crippen molar-refractivity contribution in [3.05, 3.63) is 53.6 Å². The Balaban J connectivity index is 2.12. The number of hydrogen-bond acceptors (Lipinski definition) is 4. The molecule has 2 rings (SSSR count). The van der Waals surface area contributed by atoms with E-state index in [1.165, 1.54) is 12.7 Å². The molecular weight excluding hydrogens is 308 g/mol. The number of aryl methyl sites for hydroxylation is 1. The van der Waals surface area contributed by atoms with Crippen molar-refractivity contribution in [2.24, 2.45) is 5.73 Å². The Bertz CT molecular complexity index is 726. The predicted molar refractivity (Wildman–Crippen MR) is 91.5 cm³/mol. The molecule has 2 amide bonds. The largest absolute Gasteiger partial charge is 0.493 e. The van der Waals surface area contributed by atoms with Gasteiger partial charge in [0.05, 0.1) is 7.11 Å². The standard InChI is InChI=1S/C18H20N2O4/c1-3-12-4-7-14(8-5-12)20-18(22)13-6-9-15(16(10-13)23-2)24-11-17(19)21/h4-10H,3,11H2,1-2H3,(H2,19,21)(H,20,22). The summed E-state index contributed by atoms with van der Waals surface area (Å²) in [5.41, 5.74) is 7.38. The highest BCUT2D eigenvalue weighted by Gasteiger charge is 2.12. The monoisotopic (exact) mass is 328 g/mol. The minimum Gasteiger partial charge on any atom is -0.493 e. The maximum absolute atomic E-state index is 12.3. The molecule has 3 N–H and O–H groups in total. The van der Waals surface area contributed by atoms with E-state index in [1.54, 1.807) is 18.2 Å². The molecule has 126 valence electrons. The number of amides is 2. The van der Waals surface area contributed by atoms with Gasteiger partial charge in [0.25, 0.3) is 11.8 Å². The van der Waals surface area contributed by atoms with E-state index in [-0.39, 0.29) is 12.5 Å². The predicted octanol–water partition coefficient (Wildman–Crippen LogP) is 2.37. The van der Waals surface area contributed by atoms with Crippen LogP contribution in [0.2, 0.25) is 0 Å². The first-order chi connectivity index (χ1) is 11.5. The average Bonchev–Trinajstić information content (AvgIpc) is 2.60. The summed E-state index contributed by atoms with van der Waals surface area (Å²) in [5, 5.41) is 2.82. The van der Waals surface area contributed by atoms with E-state index in [1.807, 2.05) is 24.3 Å². The van der Waals surface area contributed by atoms with Crippen molar-refractivity contribution in [1.82, 2.24) is 0 Å². The molecule has 0 bridgehead atoms. The van der Waals surface area contributed by atoms with E-state index in [0.717, 1.165) is 6.42 Å². The topological polar surface area (TPSA) is 90.6 Å². The van der Waals surface area contributed by atoms with Crippen LogP contribution in [0.5, 0.6) is 11.5 Å². The van der Waals surface area contributed by atoms with Crippen molar-refractivity contribution in [1.29, 1.82) is 0 Å². The van der Waals surface area contributed by atoms with Gasteiger partial charge in [-0.05, 0) is 42.3 Å². The number of methoxy groups -OCH3 is 1. The number of nitrogens with two attached hydrogens (primary N) is 1. The number of carbonyl (C=O) groups excluding carboxylic acids is 2. The van der Waals surface area contributed by atoms with Gasteiger partial charge in [0, 0.05) is 11.3 Å². The molecule has 0 spiro atoms. The lowest BCUT2D eigenvalue weighted by molar-refractivity contribution is -0.119. The van der Waals surface area contributed by atoms with Gasteiger partial charge in [-0.1, -0.05) is 19.1 Å². The third kappa shape index (κ3) is 4.49. The summed E-state index contributed by atoms with van der Waals surface area (Å²) < 4.78 is 10.4. The van der Waals surface area contributed by atoms with Crippen molar-refractivity contribution < 1.29 is 19.1 Å². The minimum absolute atomic E-state index is 0.258. The molecule has 6 heteroatoms. The molecule has 0 heterocycles. The lowest BCUT2D eigenvalue weighted by atomic mass is 10.1. The molecule has 2 aromatic rings. The number of carbonyl (C=O) groups is 2. The number of primary amides is 1. The van der Waals surface area contributed by atoms with E-state index in [4.69, 9.17) is 15.2 Å². The maximum atomic E-state index is 12.3. The van der Waals surface area contributed by atoms with E-state index >= 15 is 0 Å². The molecule has 0 saturated carbocycles. The van der Waals surface area contributed by atoms with E-state index < -0.39 is 5.91 Å². The van der Waals surface area contributed by atoms with Crippen LogP contribution in [0, 0.1) is 0 Å². The summed E-state index contributed by atoms with van der Waals surface area (Å²) in [6.45, 7) is 1.81. The number of anilines is 1. The molecule has 0 saturated heterocycles. The van der Waals surface area contributed by atoms with E-state index in [9.17, 15) is 9.59 Å². The average molecular weight is 328 g/mol. The van der Waals surface area contributed by atoms with Crippen LogP contribution in [0.4, 0.5) is 5.69 Å². The Morgan fingerprint density at radius 3 is 2.38 bits per heavy atom. The molecule has 0 aliphatic carbocycles. The Morgan fingerprint density at radius 1 is 1.08 bits per heavy atom. The lowest BCUT2D eigenvalue weighted by Crippen LogP contribution is -2.20. The van der Waals surface area contributed by atoms with Crippen LogP contribution in [0.15, 0.2) is 42.5 Å². The molecule has 0 aliphatic rings. The van der Waals surface area contributed by atoms with Gasteiger partial charge in [0.15, 0.2) is 18.1 Å². The van der Waals surface area contributed by atoms with Gasteiger partial charge in [-0.15, -0.1) is 0 Å². The summed E-state index contributed by atoms with van der Waals surface area (Å²) >= 11 is 0. The van der Waals surface area contributed by atoms with E-state index in [0.29, 0.717) is 22.7 Å². The van der Waals surface area contributed by atoms with Gasteiger partial charge in [-0.2, -0.15) is 0 Å². The van der Waals surface area contributed by atoms with Crippen LogP contribution in [-0.4, -0.2) is 25.5 Å². The molecule has 24 heavy (non-hydrogen) atoms.